The van der Waals surface area contributed by atoms with E-state index < -0.39 is 0 Å². The molecule has 3 heteroatoms. The second-order valence-corrected chi connectivity index (χ2v) is 4.08. The highest BCUT2D eigenvalue weighted by atomic mass is 16.3. The largest absolute Gasteiger partial charge is 0.396 e. The Morgan fingerprint density at radius 2 is 2.00 bits per heavy atom. The van der Waals surface area contributed by atoms with Crippen LogP contribution in [-0.4, -0.2) is 49.3 Å². The molecule has 0 radical (unpaired) electrons. The zero-order valence-electron chi connectivity index (χ0n) is 10.1. The molecule has 14 heavy (non-hydrogen) atoms. The molecule has 0 fully saturated rings. The Morgan fingerprint density at radius 3 is 2.43 bits per heavy atom. The molecule has 0 aromatic heterocycles. The predicted molar refractivity (Wildman–Crippen MR) is 61.6 cm³/mol. The van der Waals surface area contributed by atoms with Crippen molar-refractivity contribution in [1.82, 2.24) is 10.2 Å². The minimum absolute atomic E-state index is 0.265. The summed E-state index contributed by atoms with van der Waals surface area (Å²) in [5.74, 6) is 0. The summed E-state index contributed by atoms with van der Waals surface area (Å²) in [6, 6.07) is 1.04. The number of nitrogens with zero attached hydrogens (tertiary/aromatic N) is 1. The monoisotopic (exact) mass is 202 g/mol. The van der Waals surface area contributed by atoms with Crippen molar-refractivity contribution in [2.24, 2.45) is 0 Å². The summed E-state index contributed by atoms with van der Waals surface area (Å²) in [7, 11) is 4.11. The van der Waals surface area contributed by atoms with Gasteiger partial charge in [0.05, 0.1) is 0 Å². The smallest absolute Gasteiger partial charge is 0.0446 e. The van der Waals surface area contributed by atoms with Crippen LogP contribution in [0.25, 0.3) is 0 Å². The second-order valence-electron chi connectivity index (χ2n) is 4.08. The minimum Gasteiger partial charge on any atom is -0.396 e. The lowest BCUT2D eigenvalue weighted by molar-refractivity contribution is 0.197. The molecule has 0 aliphatic carbocycles. The molecule has 0 aliphatic rings. The first kappa shape index (κ1) is 13.9. The number of hydrogen-bond donors (Lipinski definition) is 2. The lowest BCUT2D eigenvalue weighted by atomic mass is 10.1. The molecule has 0 saturated carbocycles. The number of hydrogen-bond acceptors (Lipinski definition) is 3. The Labute approximate surface area is 88.5 Å². The molecule has 2 atom stereocenters. The third-order valence-corrected chi connectivity index (χ3v) is 2.85. The number of aliphatic hydroxyl groups excluding tert-OH is 1. The van der Waals surface area contributed by atoms with E-state index in [1.165, 1.54) is 12.8 Å². The fourth-order valence-corrected chi connectivity index (χ4v) is 1.65. The molecule has 3 nitrogen and oxygen atoms in total. The molecule has 0 heterocycles. The van der Waals surface area contributed by atoms with Gasteiger partial charge in [0.2, 0.25) is 0 Å². The van der Waals surface area contributed by atoms with Gasteiger partial charge in [-0.3, -0.25) is 0 Å². The van der Waals surface area contributed by atoms with Gasteiger partial charge in [0.15, 0.2) is 0 Å². The number of nitrogens with one attached hydrogen (secondary N) is 1. The fourth-order valence-electron chi connectivity index (χ4n) is 1.65. The summed E-state index contributed by atoms with van der Waals surface area (Å²) in [4.78, 5) is 2.36. The molecule has 2 unspecified atom stereocenters. The van der Waals surface area contributed by atoms with Crippen LogP contribution in [0.3, 0.4) is 0 Å². The second kappa shape index (κ2) is 8.21. The molecular formula is C11H26N2O. The van der Waals surface area contributed by atoms with Crippen LogP contribution in [-0.2, 0) is 0 Å². The molecular weight excluding hydrogens is 176 g/mol. The summed E-state index contributed by atoms with van der Waals surface area (Å²) < 4.78 is 0. The van der Waals surface area contributed by atoms with Crippen LogP contribution in [0.4, 0.5) is 0 Å². The summed E-state index contributed by atoms with van der Waals surface area (Å²) in [5.41, 5.74) is 0. The van der Waals surface area contributed by atoms with Crippen molar-refractivity contribution >= 4 is 0 Å². The summed E-state index contributed by atoms with van der Waals surface area (Å²) in [5, 5.41) is 12.1. The lowest BCUT2D eigenvalue weighted by Crippen LogP contribution is -2.41. The Morgan fingerprint density at radius 1 is 1.36 bits per heavy atom. The molecule has 0 amide bonds. The van der Waals surface area contributed by atoms with E-state index in [1.807, 2.05) is 7.05 Å². The van der Waals surface area contributed by atoms with Crippen molar-refractivity contribution in [3.05, 3.63) is 0 Å². The average Bonchev–Trinajstić information content (AvgIpc) is 2.17. The topological polar surface area (TPSA) is 35.5 Å². The highest BCUT2D eigenvalue weighted by molar-refractivity contribution is 4.71. The van der Waals surface area contributed by atoms with Crippen LogP contribution in [0.1, 0.15) is 33.1 Å². The van der Waals surface area contributed by atoms with Crippen LogP contribution in [0.2, 0.25) is 0 Å². The third-order valence-electron chi connectivity index (χ3n) is 2.85. The average molecular weight is 202 g/mol. The van der Waals surface area contributed by atoms with Crippen LogP contribution in [0.5, 0.6) is 0 Å². The van der Waals surface area contributed by atoms with Gasteiger partial charge in [0, 0.05) is 25.2 Å². The van der Waals surface area contributed by atoms with Gasteiger partial charge < -0.3 is 15.3 Å². The van der Waals surface area contributed by atoms with Crippen molar-refractivity contribution in [2.45, 2.75) is 45.2 Å². The number of likely N-dealkylation sites (N-methyl/N-ethyl adjacent to an activating group) is 2. The van der Waals surface area contributed by atoms with Crippen molar-refractivity contribution in [3.63, 3.8) is 0 Å². The zero-order valence-corrected chi connectivity index (χ0v) is 10.1. The third kappa shape index (κ3) is 5.58. The van der Waals surface area contributed by atoms with Gasteiger partial charge in [-0.2, -0.15) is 0 Å². The molecule has 0 aromatic carbocycles. The maximum absolute atomic E-state index is 8.86. The molecule has 0 aliphatic heterocycles. The Hall–Kier alpha value is -0.120. The summed E-state index contributed by atoms with van der Waals surface area (Å²) in [6.45, 7) is 5.75. The standard InChI is InChI=1S/C11H26N2O/c1-5-6-10(2)13(4)9-11(12-3)7-8-14/h10-12,14H,5-9H2,1-4H3. The summed E-state index contributed by atoms with van der Waals surface area (Å²) in [6.07, 6.45) is 3.31. The summed E-state index contributed by atoms with van der Waals surface area (Å²) >= 11 is 0. The van der Waals surface area contributed by atoms with Crippen LogP contribution in [0, 0.1) is 0 Å². The molecule has 86 valence electrons. The van der Waals surface area contributed by atoms with Gasteiger partial charge in [-0.1, -0.05) is 13.3 Å². The highest BCUT2D eigenvalue weighted by Gasteiger charge is 2.13. The highest BCUT2D eigenvalue weighted by Crippen LogP contribution is 2.05. The van der Waals surface area contributed by atoms with Gasteiger partial charge in [0.1, 0.15) is 0 Å². The van der Waals surface area contributed by atoms with Gasteiger partial charge in [0.25, 0.3) is 0 Å². The molecule has 0 bridgehead atoms. The molecule has 2 N–H and O–H groups in total. The van der Waals surface area contributed by atoms with E-state index in [0.29, 0.717) is 12.1 Å². The van der Waals surface area contributed by atoms with Gasteiger partial charge in [-0.05, 0) is 33.9 Å². The van der Waals surface area contributed by atoms with Crippen molar-refractivity contribution in [1.29, 1.82) is 0 Å². The Balaban J connectivity index is 3.81. The molecule has 0 spiro atoms. The van der Waals surface area contributed by atoms with Gasteiger partial charge >= 0.3 is 0 Å². The maximum Gasteiger partial charge on any atom is 0.0446 e. The van der Waals surface area contributed by atoms with E-state index in [4.69, 9.17) is 5.11 Å². The van der Waals surface area contributed by atoms with Crippen molar-refractivity contribution in [2.75, 3.05) is 27.2 Å². The number of aliphatic hydroxyl groups is 1. The normalized spacial score (nSPS) is 15.9. The maximum atomic E-state index is 8.86. The Bertz CT molecular complexity index is 130. The van der Waals surface area contributed by atoms with E-state index in [2.05, 4.69) is 31.1 Å². The molecule has 0 rings (SSSR count). The first-order valence-electron chi connectivity index (χ1n) is 5.64. The molecule has 0 saturated heterocycles. The minimum atomic E-state index is 0.265. The van der Waals surface area contributed by atoms with E-state index in [-0.39, 0.29) is 6.61 Å². The van der Waals surface area contributed by atoms with Crippen molar-refractivity contribution < 1.29 is 5.11 Å². The zero-order chi connectivity index (χ0) is 11.0. The predicted octanol–water partition coefficient (Wildman–Crippen LogP) is 1.08. The first-order chi connectivity index (χ1) is 6.65. The van der Waals surface area contributed by atoms with E-state index in [9.17, 15) is 0 Å². The van der Waals surface area contributed by atoms with Crippen LogP contribution in [0.15, 0.2) is 0 Å². The van der Waals surface area contributed by atoms with Gasteiger partial charge in [-0.25, -0.2) is 0 Å². The van der Waals surface area contributed by atoms with E-state index in [1.54, 1.807) is 0 Å². The van der Waals surface area contributed by atoms with Crippen LogP contribution < -0.4 is 5.32 Å². The van der Waals surface area contributed by atoms with E-state index >= 15 is 0 Å². The van der Waals surface area contributed by atoms with Crippen molar-refractivity contribution in [3.8, 4) is 0 Å². The number of rotatable bonds is 8. The molecule has 0 aromatic rings. The lowest BCUT2D eigenvalue weighted by Gasteiger charge is -2.28. The SMILES string of the molecule is CCCC(C)N(C)CC(CCO)NC. The van der Waals surface area contributed by atoms with Crippen LogP contribution >= 0.6 is 0 Å². The Kier molecular flexibility index (Phi) is 8.14. The quantitative estimate of drug-likeness (QED) is 0.618. The van der Waals surface area contributed by atoms with Gasteiger partial charge in [-0.15, -0.1) is 0 Å². The fraction of sp³-hybridized carbons (Fsp3) is 1.00. The van der Waals surface area contributed by atoms with E-state index in [0.717, 1.165) is 13.0 Å². The first-order valence-corrected chi connectivity index (χ1v) is 5.64.